The molecule has 1 aromatic carbocycles. The molecule has 9 nitrogen and oxygen atoms in total. The number of imide groups is 2. The number of carbonyl (C=O) groups is 5. The molecule has 150 valence electrons. The Labute approximate surface area is 162 Å². The van der Waals surface area contributed by atoms with Crippen molar-refractivity contribution in [3.05, 3.63) is 35.4 Å². The van der Waals surface area contributed by atoms with Gasteiger partial charge in [-0.2, -0.15) is 0 Å². The average Bonchev–Trinajstić information content (AvgIpc) is 2.56. The van der Waals surface area contributed by atoms with Gasteiger partial charge in [0, 0.05) is 11.1 Å². The van der Waals surface area contributed by atoms with Crippen molar-refractivity contribution in [2.45, 2.75) is 45.8 Å². The number of carbonyl (C=O) groups excluding carboxylic acids is 5. The van der Waals surface area contributed by atoms with E-state index < -0.39 is 47.9 Å². The smallest absolute Gasteiger partial charge is 0.326 e. The van der Waals surface area contributed by atoms with Gasteiger partial charge >= 0.3 is 12.0 Å². The van der Waals surface area contributed by atoms with Gasteiger partial charge in [-0.1, -0.05) is 18.2 Å². The lowest BCUT2D eigenvalue weighted by molar-refractivity contribution is -0.156. The second-order valence-electron chi connectivity index (χ2n) is 7.44. The Morgan fingerprint density at radius 1 is 1.18 bits per heavy atom. The Morgan fingerprint density at radius 3 is 2.46 bits per heavy atom. The minimum absolute atomic E-state index is 0.00178. The Balaban J connectivity index is 1.93. The van der Waals surface area contributed by atoms with Crippen LogP contribution in [0.2, 0.25) is 0 Å². The van der Waals surface area contributed by atoms with E-state index in [4.69, 9.17) is 4.74 Å². The predicted molar refractivity (Wildman–Crippen MR) is 98.2 cm³/mol. The number of benzene rings is 1. The molecule has 5 amide bonds. The van der Waals surface area contributed by atoms with Crippen LogP contribution in [0.1, 0.15) is 43.6 Å². The predicted octanol–water partition coefficient (Wildman–Crippen LogP) is 0.767. The summed E-state index contributed by atoms with van der Waals surface area (Å²) in [4.78, 5) is 61.1. The van der Waals surface area contributed by atoms with Crippen molar-refractivity contribution in [1.29, 1.82) is 0 Å². The van der Waals surface area contributed by atoms with Gasteiger partial charge in [0.25, 0.3) is 11.8 Å². The molecule has 1 aliphatic rings. The van der Waals surface area contributed by atoms with Gasteiger partial charge in [0.15, 0.2) is 6.10 Å². The van der Waals surface area contributed by atoms with Crippen LogP contribution in [-0.4, -0.2) is 52.8 Å². The molecule has 2 N–H and O–H groups in total. The topological polar surface area (TPSA) is 122 Å². The van der Waals surface area contributed by atoms with Crippen molar-refractivity contribution in [2.24, 2.45) is 0 Å². The Morgan fingerprint density at radius 2 is 1.82 bits per heavy atom. The molecule has 1 aromatic rings. The number of hydrogen-bond donors (Lipinski definition) is 2. The molecule has 1 atom stereocenters. The summed E-state index contributed by atoms with van der Waals surface area (Å²) in [5, 5.41) is 4.60. The maximum atomic E-state index is 12.4. The molecular weight excluding hydrogens is 366 g/mol. The van der Waals surface area contributed by atoms with Crippen LogP contribution in [0.25, 0.3) is 0 Å². The van der Waals surface area contributed by atoms with Crippen LogP contribution >= 0.6 is 0 Å². The van der Waals surface area contributed by atoms with Gasteiger partial charge in [-0.3, -0.25) is 29.4 Å². The van der Waals surface area contributed by atoms with Gasteiger partial charge < -0.3 is 10.1 Å². The molecule has 0 bridgehead atoms. The van der Waals surface area contributed by atoms with E-state index in [9.17, 15) is 24.0 Å². The first-order valence-electron chi connectivity index (χ1n) is 8.73. The zero-order valence-corrected chi connectivity index (χ0v) is 16.2. The molecule has 0 unspecified atom stereocenters. The molecule has 2 rings (SSSR count). The van der Waals surface area contributed by atoms with E-state index in [1.54, 1.807) is 45.0 Å². The van der Waals surface area contributed by atoms with Crippen LogP contribution < -0.4 is 10.6 Å². The first-order chi connectivity index (χ1) is 13.0. The van der Waals surface area contributed by atoms with Crippen LogP contribution in [-0.2, 0) is 25.5 Å². The summed E-state index contributed by atoms with van der Waals surface area (Å²) >= 11 is 0. The summed E-state index contributed by atoms with van der Waals surface area (Å²) in [5.41, 5.74) is 0.398. The van der Waals surface area contributed by atoms with Crippen molar-refractivity contribution in [3.63, 3.8) is 0 Å². The number of hydrogen-bond acceptors (Lipinski definition) is 6. The molecule has 1 heterocycles. The van der Waals surface area contributed by atoms with Crippen molar-refractivity contribution in [2.75, 3.05) is 6.54 Å². The minimum atomic E-state index is -1.28. The summed E-state index contributed by atoms with van der Waals surface area (Å²) < 4.78 is 4.95. The number of urea groups is 1. The first kappa shape index (κ1) is 21.1. The summed E-state index contributed by atoms with van der Waals surface area (Å²) in [7, 11) is 0. The van der Waals surface area contributed by atoms with E-state index in [-0.39, 0.29) is 6.42 Å². The number of amides is 5. The van der Waals surface area contributed by atoms with E-state index in [1.165, 1.54) is 6.92 Å². The number of nitrogens with zero attached hydrogens (tertiary/aromatic N) is 1. The lowest BCUT2D eigenvalue weighted by atomic mass is 9.98. The summed E-state index contributed by atoms with van der Waals surface area (Å²) in [6.07, 6.45) is -1.28. The average molecular weight is 389 g/mol. The Hall–Kier alpha value is -3.23. The molecule has 0 spiro atoms. The number of nitrogens with one attached hydrogen (secondary N) is 2. The molecule has 0 fully saturated rings. The number of rotatable bonds is 4. The van der Waals surface area contributed by atoms with Gasteiger partial charge in [0.05, 0.1) is 6.42 Å². The SMILES string of the molecule is C[C@@H](OC(=O)CN1C(=O)Cc2ccccc2C1=O)C(=O)NC(=O)NC(C)(C)C. The number of esters is 1. The molecule has 0 saturated carbocycles. The van der Waals surface area contributed by atoms with Crippen molar-refractivity contribution >= 4 is 29.7 Å². The van der Waals surface area contributed by atoms with Gasteiger partial charge in [-0.25, -0.2) is 4.79 Å². The van der Waals surface area contributed by atoms with Gasteiger partial charge in [-0.05, 0) is 39.3 Å². The van der Waals surface area contributed by atoms with Crippen molar-refractivity contribution < 1.29 is 28.7 Å². The molecule has 28 heavy (non-hydrogen) atoms. The molecule has 0 radical (unpaired) electrons. The first-order valence-corrected chi connectivity index (χ1v) is 8.73. The standard InChI is InChI=1S/C19H23N3O6/c1-11(16(25)20-18(27)21-19(2,3)4)28-15(24)10-22-14(23)9-12-7-5-6-8-13(12)17(22)26/h5-8,11H,9-10H2,1-4H3,(H2,20,21,25,27)/t11-/m1/s1. The van der Waals surface area contributed by atoms with Crippen LogP contribution in [0, 0.1) is 0 Å². The van der Waals surface area contributed by atoms with Gasteiger partial charge in [0.1, 0.15) is 6.54 Å². The lowest BCUT2D eigenvalue weighted by Gasteiger charge is -2.26. The summed E-state index contributed by atoms with van der Waals surface area (Å²) in [6.45, 7) is 5.90. The highest BCUT2D eigenvalue weighted by Crippen LogP contribution is 2.19. The third-order valence-electron chi connectivity index (χ3n) is 3.83. The monoisotopic (exact) mass is 389 g/mol. The maximum Gasteiger partial charge on any atom is 0.326 e. The fourth-order valence-corrected chi connectivity index (χ4v) is 2.56. The highest BCUT2D eigenvalue weighted by Gasteiger charge is 2.33. The van der Waals surface area contributed by atoms with E-state index >= 15 is 0 Å². The summed E-state index contributed by atoms with van der Waals surface area (Å²) in [6, 6.07) is 5.91. The fraction of sp³-hybridized carbons (Fsp3) is 0.421. The fourth-order valence-electron chi connectivity index (χ4n) is 2.56. The largest absolute Gasteiger partial charge is 0.451 e. The summed E-state index contributed by atoms with van der Waals surface area (Å²) in [5.74, 6) is -2.87. The van der Waals surface area contributed by atoms with Crippen LogP contribution in [0.3, 0.4) is 0 Å². The van der Waals surface area contributed by atoms with Gasteiger partial charge in [0.2, 0.25) is 5.91 Å². The molecule has 1 aliphatic heterocycles. The van der Waals surface area contributed by atoms with Crippen LogP contribution in [0.15, 0.2) is 24.3 Å². The quantitative estimate of drug-likeness (QED) is 0.579. The number of ether oxygens (including phenoxy) is 1. The molecule has 0 aliphatic carbocycles. The number of fused-ring (bicyclic) bond motifs is 1. The van der Waals surface area contributed by atoms with E-state index in [0.717, 1.165) is 4.90 Å². The minimum Gasteiger partial charge on any atom is -0.451 e. The van der Waals surface area contributed by atoms with Crippen molar-refractivity contribution in [1.82, 2.24) is 15.5 Å². The van der Waals surface area contributed by atoms with E-state index in [0.29, 0.717) is 11.1 Å². The highest BCUT2D eigenvalue weighted by molar-refractivity contribution is 6.11. The maximum absolute atomic E-state index is 12.4. The zero-order chi connectivity index (χ0) is 21.1. The lowest BCUT2D eigenvalue weighted by Crippen LogP contribution is -2.51. The third kappa shape index (κ3) is 5.38. The normalized spacial score (nSPS) is 14.8. The van der Waals surface area contributed by atoms with Crippen LogP contribution in [0.5, 0.6) is 0 Å². The van der Waals surface area contributed by atoms with Crippen LogP contribution in [0.4, 0.5) is 4.79 Å². The second kappa shape index (κ2) is 8.20. The third-order valence-corrected chi connectivity index (χ3v) is 3.83. The van der Waals surface area contributed by atoms with E-state index in [1.807, 2.05) is 0 Å². The second-order valence-corrected chi connectivity index (χ2v) is 7.44. The van der Waals surface area contributed by atoms with Gasteiger partial charge in [-0.15, -0.1) is 0 Å². The molecule has 9 heteroatoms. The highest BCUT2D eigenvalue weighted by atomic mass is 16.5. The Kier molecular flexibility index (Phi) is 6.17. The molecule has 0 aromatic heterocycles. The molecule has 0 saturated heterocycles. The molecular formula is C19H23N3O6. The van der Waals surface area contributed by atoms with Crippen molar-refractivity contribution in [3.8, 4) is 0 Å². The zero-order valence-electron chi connectivity index (χ0n) is 16.2. The van der Waals surface area contributed by atoms with E-state index in [2.05, 4.69) is 10.6 Å². The Bertz CT molecular complexity index is 827.